The van der Waals surface area contributed by atoms with E-state index in [2.05, 4.69) is 5.32 Å². The molecule has 0 fully saturated rings. The Bertz CT molecular complexity index is 421. The number of primary amides is 1. The van der Waals surface area contributed by atoms with Gasteiger partial charge in [-0.25, -0.2) is 0 Å². The van der Waals surface area contributed by atoms with Gasteiger partial charge in [-0.2, -0.15) is 0 Å². The number of hydrogen-bond donors (Lipinski definition) is 2. The first-order chi connectivity index (χ1) is 9.52. The summed E-state index contributed by atoms with van der Waals surface area (Å²) in [5.41, 5.74) is 6.41. The quantitative estimate of drug-likeness (QED) is 0.718. The Morgan fingerprint density at radius 2 is 2.15 bits per heavy atom. The third kappa shape index (κ3) is 6.04. The van der Waals surface area contributed by atoms with Gasteiger partial charge in [-0.3, -0.25) is 4.79 Å². The molecule has 0 saturated heterocycles. The van der Waals surface area contributed by atoms with E-state index in [4.69, 9.17) is 15.2 Å². The van der Waals surface area contributed by atoms with Gasteiger partial charge in [0.05, 0.1) is 19.3 Å². The van der Waals surface area contributed by atoms with Crippen LogP contribution in [0.4, 0.5) is 0 Å². The SMILES string of the molecule is COCc1cccc(OCCC(NC(C)C)C(N)=O)c1. The van der Waals surface area contributed by atoms with Crippen LogP contribution in [0, 0.1) is 0 Å². The van der Waals surface area contributed by atoms with E-state index >= 15 is 0 Å². The highest BCUT2D eigenvalue weighted by Crippen LogP contribution is 2.14. The Morgan fingerprint density at radius 1 is 1.40 bits per heavy atom. The first kappa shape index (κ1) is 16.5. The molecule has 20 heavy (non-hydrogen) atoms. The normalized spacial score (nSPS) is 12.4. The molecule has 5 nitrogen and oxygen atoms in total. The van der Waals surface area contributed by atoms with Gasteiger partial charge in [-0.15, -0.1) is 0 Å². The van der Waals surface area contributed by atoms with Crippen LogP contribution >= 0.6 is 0 Å². The highest BCUT2D eigenvalue weighted by molar-refractivity contribution is 5.79. The Hall–Kier alpha value is -1.59. The van der Waals surface area contributed by atoms with Crippen molar-refractivity contribution >= 4 is 5.91 Å². The molecule has 0 bridgehead atoms. The fourth-order valence-electron chi connectivity index (χ4n) is 1.90. The summed E-state index contributed by atoms with van der Waals surface area (Å²) in [6.45, 7) is 4.94. The monoisotopic (exact) mass is 280 g/mol. The van der Waals surface area contributed by atoms with E-state index in [9.17, 15) is 4.79 Å². The predicted molar refractivity (Wildman–Crippen MR) is 78.5 cm³/mol. The van der Waals surface area contributed by atoms with Gasteiger partial charge >= 0.3 is 0 Å². The summed E-state index contributed by atoms with van der Waals surface area (Å²) in [6.07, 6.45) is 0.544. The van der Waals surface area contributed by atoms with Crippen LogP contribution in [0.3, 0.4) is 0 Å². The summed E-state index contributed by atoms with van der Waals surface area (Å²) in [7, 11) is 1.66. The predicted octanol–water partition coefficient (Wildman–Crippen LogP) is 1.45. The van der Waals surface area contributed by atoms with Gasteiger partial charge in [0, 0.05) is 19.6 Å². The third-order valence-corrected chi connectivity index (χ3v) is 2.76. The van der Waals surface area contributed by atoms with Crippen molar-refractivity contribution in [1.29, 1.82) is 0 Å². The third-order valence-electron chi connectivity index (χ3n) is 2.76. The average Bonchev–Trinajstić information content (AvgIpc) is 2.38. The van der Waals surface area contributed by atoms with Crippen molar-refractivity contribution in [3.05, 3.63) is 29.8 Å². The molecule has 0 radical (unpaired) electrons. The Kier molecular flexibility index (Phi) is 7.04. The summed E-state index contributed by atoms with van der Waals surface area (Å²) in [5, 5.41) is 3.12. The molecular formula is C15H24N2O3. The standard InChI is InChI=1S/C15H24N2O3/c1-11(2)17-14(15(16)18)7-8-20-13-6-4-5-12(9-13)10-19-3/h4-6,9,11,14,17H,7-8,10H2,1-3H3,(H2,16,18). The first-order valence-corrected chi connectivity index (χ1v) is 6.79. The van der Waals surface area contributed by atoms with Crippen LogP contribution in [0.1, 0.15) is 25.8 Å². The fourth-order valence-corrected chi connectivity index (χ4v) is 1.90. The van der Waals surface area contributed by atoms with Crippen molar-refractivity contribution < 1.29 is 14.3 Å². The number of nitrogens with two attached hydrogens (primary N) is 1. The summed E-state index contributed by atoms with van der Waals surface area (Å²) in [4.78, 5) is 11.3. The molecule has 3 N–H and O–H groups in total. The average molecular weight is 280 g/mol. The largest absolute Gasteiger partial charge is 0.494 e. The minimum Gasteiger partial charge on any atom is -0.494 e. The number of nitrogens with one attached hydrogen (secondary N) is 1. The van der Waals surface area contributed by atoms with Crippen molar-refractivity contribution in [3.8, 4) is 5.75 Å². The molecule has 0 spiro atoms. The lowest BCUT2D eigenvalue weighted by molar-refractivity contribution is -0.120. The van der Waals surface area contributed by atoms with Crippen LogP contribution in [0.2, 0.25) is 0 Å². The summed E-state index contributed by atoms with van der Waals surface area (Å²) in [5.74, 6) is 0.419. The number of methoxy groups -OCH3 is 1. The van der Waals surface area contributed by atoms with E-state index in [0.29, 0.717) is 19.6 Å². The van der Waals surface area contributed by atoms with Crippen molar-refractivity contribution in [2.24, 2.45) is 5.73 Å². The second-order valence-electron chi connectivity index (χ2n) is 4.99. The van der Waals surface area contributed by atoms with Gasteiger partial charge in [-0.1, -0.05) is 26.0 Å². The number of carbonyl (C=O) groups is 1. The molecule has 1 unspecified atom stereocenters. The minimum atomic E-state index is -0.364. The molecule has 112 valence electrons. The number of carbonyl (C=O) groups excluding carboxylic acids is 1. The summed E-state index contributed by atoms with van der Waals surface area (Å²) < 4.78 is 10.7. The molecule has 0 saturated carbocycles. The molecule has 0 aliphatic rings. The lowest BCUT2D eigenvalue weighted by Gasteiger charge is -2.18. The van der Waals surface area contributed by atoms with Crippen molar-refractivity contribution in [2.75, 3.05) is 13.7 Å². The van der Waals surface area contributed by atoms with Crippen LogP contribution in [0.15, 0.2) is 24.3 Å². The molecule has 0 aliphatic carbocycles. The van der Waals surface area contributed by atoms with Gasteiger partial charge in [0.2, 0.25) is 5.91 Å². The number of ether oxygens (including phenoxy) is 2. The van der Waals surface area contributed by atoms with E-state index in [0.717, 1.165) is 11.3 Å². The lowest BCUT2D eigenvalue weighted by Crippen LogP contribution is -2.45. The van der Waals surface area contributed by atoms with Gasteiger partial charge in [0.25, 0.3) is 0 Å². The molecule has 1 atom stereocenters. The second-order valence-corrected chi connectivity index (χ2v) is 4.99. The molecule has 0 aromatic heterocycles. The maximum absolute atomic E-state index is 11.3. The van der Waals surface area contributed by atoms with E-state index in [-0.39, 0.29) is 18.0 Å². The van der Waals surface area contributed by atoms with Crippen molar-refractivity contribution in [1.82, 2.24) is 5.32 Å². The number of amides is 1. The summed E-state index contributed by atoms with van der Waals surface area (Å²) in [6, 6.07) is 7.55. The summed E-state index contributed by atoms with van der Waals surface area (Å²) >= 11 is 0. The first-order valence-electron chi connectivity index (χ1n) is 6.79. The molecular weight excluding hydrogens is 256 g/mol. The van der Waals surface area contributed by atoms with Crippen LogP contribution in [0.5, 0.6) is 5.75 Å². The van der Waals surface area contributed by atoms with Crippen molar-refractivity contribution in [2.45, 2.75) is 39.0 Å². The minimum absolute atomic E-state index is 0.206. The van der Waals surface area contributed by atoms with Crippen LogP contribution in [0.25, 0.3) is 0 Å². The Balaban J connectivity index is 2.45. The zero-order valence-corrected chi connectivity index (χ0v) is 12.4. The van der Waals surface area contributed by atoms with Crippen LogP contribution in [-0.2, 0) is 16.1 Å². The number of rotatable bonds is 9. The van der Waals surface area contributed by atoms with E-state index in [1.165, 1.54) is 0 Å². The number of benzene rings is 1. The molecule has 1 amide bonds. The Morgan fingerprint density at radius 3 is 2.75 bits per heavy atom. The molecule has 1 rings (SSSR count). The fraction of sp³-hybridized carbons (Fsp3) is 0.533. The van der Waals surface area contributed by atoms with Gasteiger partial charge < -0.3 is 20.5 Å². The van der Waals surface area contributed by atoms with Crippen LogP contribution in [-0.4, -0.2) is 31.7 Å². The Labute approximate surface area is 120 Å². The smallest absolute Gasteiger partial charge is 0.234 e. The zero-order valence-electron chi connectivity index (χ0n) is 12.4. The maximum atomic E-state index is 11.3. The zero-order chi connectivity index (χ0) is 15.0. The van der Waals surface area contributed by atoms with Gasteiger partial charge in [0.15, 0.2) is 0 Å². The molecule has 5 heteroatoms. The van der Waals surface area contributed by atoms with Gasteiger partial charge in [0.1, 0.15) is 5.75 Å². The molecule has 1 aromatic carbocycles. The van der Waals surface area contributed by atoms with E-state index < -0.39 is 0 Å². The second kappa shape index (κ2) is 8.55. The highest BCUT2D eigenvalue weighted by atomic mass is 16.5. The highest BCUT2D eigenvalue weighted by Gasteiger charge is 2.15. The number of hydrogen-bond acceptors (Lipinski definition) is 4. The molecule has 0 aliphatic heterocycles. The van der Waals surface area contributed by atoms with E-state index in [1.807, 2.05) is 38.1 Å². The van der Waals surface area contributed by atoms with Gasteiger partial charge in [-0.05, 0) is 17.7 Å². The van der Waals surface area contributed by atoms with E-state index in [1.54, 1.807) is 7.11 Å². The topological polar surface area (TPSA) is 73.6 Å². The molecule has 1 aromatic rings. The lowest BCUT2D eigenvalue weighted by atomic mass is 10.2. The maximum Gasteiger partial charge on any atom is 0.234 e. The van der Waals surface area contributed by atoms with Crippen molar-refractivity contribution in [3.63, 3.8) is 0 Å². The molecule has 0 heterocycles. The van der Waals surface area contributed by atoms with Crippen LogP contribution < -0.4 is 15.8 Å².